The highest BCUT2D eigenvalue weighted by molar-refractivity contribution is 6.01. The SMILES string of the molecule is COc1cccc(-c2noc(C3=C(C)N(c4cccc(OC)c4)C(=O)NC3c3ccc(C)c(C)c3)n2)c1. The van der Waals surface area contributed by atoms with Gasteiger partial charge in [-0.2, -0.15) is 4.98 Å². The van der Waals surface area contributed by atoms with Gasteiger partial charge in [0, 0.05) is 17.3 Å². The van der Waals surface area contributed by atoms with Gasteiger partial charge in [0.15, 0.2) is 0 Å². The summed E-state index contributed by atoms with van der Waals surface area (Å²) >= 11 is 0. The first kappa shape index (κ1) is 24.1. The van der Waals surface area contributed by atoms with Crippen molar-refractivity contribution in [3.8, 4) is 22.9 Å². The zero-order chi connectivity index (χ0) is 26.1. The van der Waals surface area contributed by atoms with Gasteiger partial charge in [0.2, 0.25) is 5.82 Å². The molecule has 1 unspecified atom stereocenters. The topological polar surface area (TPSA) is 89.7 Å². The summed E-state index contributed by atoms with van der Waals surface area (Å²) in [7, 11) is 3.21. The summed E-state index contributed by atoms with van der Waals surface area (Å²) in [4.78, 5) is 19.8. The smallest absolute Gasteiger partial charge is 0.327 e. The number of carbonyl (C=O) groups is 1. The molecule has 0 bridgehead atoms. The van der Waals surface area contributed by atoms with Crippen LogP contribution in [-0.2, 0) is 0 Å². The van der Waals surface area contributed by atoms with Gasteiger partial charge in [0.05, 0.1) is 31.5 Å². The molecule has 8 nitrogen and oxygen atoms in total. The highest BCUT2D eigenvalue weighted by Crippen LogP contribution is 2.40. The molecule has 3 aromatic carbocycles. The van der Waals surface area contributed by atoms with E-state index in [1.165, 1.54) is 5.56 Å². The molecular formula is C29H28N4O4. The van der Waals surface area contributed by atoms with Crippen LogP contribution in [0.2, 0.25) is 0 Å². The molecule has 1 aromatic heterocycles. The maximum Gasteiger partial charge on any atom is 0.327 e. The molecule has 188 valence electrons. The predicted molar refractivity (Wildman–Crippen MR) is 142 cm³/mol. The van der Waals surface area contributed by atoms with Gasteiger partial charge in [-0.3, -0.25) is 4.90 Å². The maximum absolute atomic E-state index is 13.5. The second-order valence-electron chi connectivity index (χ2n) is 8.92. The molecule has 2 amide bonds. The van der Waals surface area contributed by atoms with Gasteiger partial charge in [-0.05, 0) is 61.7 Å². The van der Waals surface area contributed by atoms with E-state index in [9.17, 15) is 4.79 Å². The number of nitrogens with one attached hydrogen (secondary N) is 1. The lowest BCUT2D eigenvalue weighted by Gasteiger charge is -2.35. The van der Waals surface area contributed by atoms with Gasteiger partial charge < -0.3 is 19.3 Å². The minimum Gasteiger partial charge on any atom is -0.497 e. The summed E-state index contributed by atoms with van der Waals surface area (Å²) in [6.07, 6.45) is 0. The number of carbonyl (C=O) groups excluding carboxylic acids is 1. The van der Waals surface area contributed by atoms with Crippen molar-refractivity contribution in [3.63, 3.8) is 0 Å². The Bertz CT molecular complexity index is 1510. The van der Waals surface area contributed by atoms with Crippen LogP contribution in [0, 0.1) is 13.8 Å². The third-order valence-electron chi connectivity index (χ3n) is 6.64. The molecule has 0 saturated heterocycles. The van der Waals surface area contributed by atoms with Crippen LogP contribution in [0.15, 0.2) is 77.0 Å². The third kappa shape index (κ3) is 4.53. The van der Waals surface area contributed by atoms with Crippen LogP contribution in [0.25, 0.3) is 17.0 Å². The molecule has 0 saturated carbocycles. The molecule has 0 fully saturated rings. The van der Waals surface area contributed by atoms with Crippen molar-refractivity contribution >= 4 is 17.3 Å². The zero-order valence-corrected chi connectivity index (χ0v) is 21.4. The molecule has 8 heteroatoms. The standard InChI is InChI=1S/C29H28N4O4/c1-17-12-13-20(14-18(17)2)26-25(28-31-27(32-37-28)21-8-6-10-23(15-21)35-4)19(3)33(29(34)30-26)22-9-7-11-24(16-22)36-5/h6-16,26H,1-5H3,(H,30,34). The van der Waals surface area contributed by atoms with E-state index >= 15 is 0 Å². The highest BCUT2D eigenvalue weighted by atomic mass is 16.5. The van der Waals surface area contributed by atoms with Crippen molar-refractivity contribution in [3.05, 3.63) is 95.0 Å². The number of aryl methyl sites for hydroxylation is 2. The fourth-order valence-electron chi connectivity index (χ4n) is 4.49. The lowest BCUT2D eigenvalue weighted by atomic mass is 9.92. The fraction of sp³-hybridized carbons (Fsp3) is 0.207. The van der Waals surface area contributed by atoms with Gasteiger partial charge >= 0.3 is 6.03 Å². The van der Waals surface area contributed by atoms with Crippen LogP contribution in [0.5, 0.6) is 11.5 Å². The van der Waals surface area contributed by atoms with Crippen molar-refractivity contribution in [2.45, 2.75) is 26.8 Å². The van der Waals surface area contributed by atoms with Gasteiger partial charge in [-0.1, -0.05) is 41.6 Å². The van der Waals surface area contributed by atoms with Crippen LogP contribution in [0.3, 0.4) is 0 Å². The summed E-state index contributed by atoms with van der Waals surface area (Å²) < 4.78 is 16.5. The monoisotopic (exact) mass is 496 g/mol. The van der Waals surface area contributed by atoms with Crippen LogP contribution < -0.4 is 19.7 Å². The quantitative estimate of drug-likeness (QED) is 0.348. The summed E-state index contributed by atoms with van der Waals surface area (Å²) in [6.45, 7) is 6.00. The molecule has 0 radical (unpaired) electrons. The number of hydrogen-bond donors (Lipinski definition) is 1. The summed E-state index contributed by atoms with van der Waals surface area (Å²) in [5.41, 5.74) is 6.05. The largest absolute Gasteiger partial charge is 0.497 e. The van der Waals surface area contributed by atoms with Crippen LogP contribution in [0.4, 0.5) is 10.5 Å². The van der Waals surface area contributed by atoms with Crippen molar-refractivity contribution in [2.75, 3.05) is 19.1 Å². The lowest BCUT2D eigenvalue weighted by Crippen LogP contribution is -2.46. The second-order valence-corrected chi connectivity index (χ2v) is 8.92. The number of anilines is 1. The van der Waals surface area contributed by atoms with Crippen LogP contribution in [0.1, 0.15) is 35.5 Å². The number of benzene rings is 3. The molecule has 5 rings (SSSR count). The van der Waals surface area contributed by atoms with E-state index in [4.69, 9.17) is 19.0 Å². The number of amides is 2. The first-order chi connectivity index (χ1) is 17.9. The number of ether oxygens (including phenoxy) is 2. The van der Waals surface area contributed by atoms with E-state index in [1.807, 2.05) is 67.6 Å². The van der Waals surface area contributed by atoms with Gasteiger partial charge in [0.25, 0.3) is 5.89 Å². The molecule has 4 aromatic rings. The average molecular weight is 497 g/mol. The van der Waals surface area contributed by atoms with Crippen LogP contribution in [-0.4, -0.2) is 30.4 Å². The average Bonchev–Trinajstić information content (AvgIpc) is 3.40. The van der Waals surface area contributed by atoms with Crippen molar-refractivity contribution in [1.82, 2.24) is 15.5 Å². The number of methoxy groups -OCH3 is 2. The molecular weight excluding hydrogens is 468 g/mol. The molecule has 0 aliphatic carbocycles. The van der Waals surface area contributed by atoms with Gasteiger partial charge in [-0.25, -0.2) is 4.79 Å². The minimum atomic E-state index is -0.479. The number of rotatable bonds is 6. The van der Waals surface area contributed by atoms with Crippen molar-refractivity contribution < 1.29 is 18.8 Å². The molecule has 1 aliphatic heterocycles. The zero-order valence-electron chi connectivity index (χ0n) is 21.4. The molecule has 1 atom stereocenters. The Morgan fingerprint density at radius 3 is 2.35 bits per heavy atom. The van der Waals surface area contributed by atoms with E-state index in [-0.39, 0.29) is 6.03 Å². The Morgan fingerprint density at radius 1 is 0.892 bits per heavy atom. The predicted octanol–water partition coefficient (Wildman–Crippen LogP) is 6.07. The van der Waals surface area contributed by atoms with E-state index in [0.717, 1.165) is 16.7 Å². The summed E-state index contributed by atoms with van der Waals surface area (Å²) in [6, 6.07) is 20.2. The van der Waals surface area contributed by atoms with E-state index < -0.39 is 6.04 Å². The Kier molecular flexibility index (Phi) is 6.40. The Labute approximate surface area is 215 Å². The van der Waals surface area contributed by atoms with E-state index in [1.54, 1.807) is 19.1 Å². The molecule has 37 heavy (non-hydrogen) atoms. The third-order valence-corrected chi connectivity index (χ3v) is 6.64. The number of urea groups is 1. The number of allylic oxidation sites excluding steroid dienone is 1. The Hall–Kier alpha value is -4.59. The molecule has 1 N–H and O–H groups in total. The highest BCUT2D eigenvalue weighted by Gasteiger charge is 2.36. The second kappa shape index (κ2) is 9.81. The normalized spacial score (nSPS) is 15.5. The first-order valence-corrected chi connectivity index (χ1v) is 11.9. The number of nitrogens with zero attached hydrogens (tertiary/aromatic N) is 3. The van der Waals surface area contributed by atoms with Crippen molar-refractivity contribution in [2.24, 2.45) is 0 Å². The van der Waals surface area contributed by atoms with E-state index in [2.05, 4.69) is 30.4 Å². The fourth-order valence-corrected chi connectivity index (χ4v) is 4.49. The van der Waals surface area contributed by atoms with Gasteiger partial charge in [0.1, 0.15) is 11.5 Å². The Morgan fingerprint density at radius 2 is 1.62 bits per heavy atom. The number of hydrogen-bond acceptors (Lipinski definition) is 6. The van der Waals surface area contributed by atoms with E-state index in [0.29, 0.717) is 40.2 Å². The number of aromatic nitrogens is 2. The maximum atomic E-state index is 13.5. The van der Waals surface area contributed by atoms with Crippen molar-refractivity contribution in [1.29, 1.82) is 0 Å². The summed E-state index contributed by atoms with van der Waals surface area (Å²) in [5.74, 6) is 2.10. The Balaban J connectivity index is 1.66. The lowest BCUT2D eigenvalue weighted by molar-refractivity contribution is 0.244. The first-order valence-electron chi connectivity index (χ1n) is 11.9. The minimum absolute atomic E-state index is 0.259. The summed E-state index contributed by atoms with van der Waals surface area (Å²) in [5, 5.41) is 7.40. The van der Waals surface area contributed by atoms with Gasteiger partial charge in [-0.15, -0.1) is 0 Å². The molecule has 1 aliphatic rings. The van der Waals surface area contributed by atoms with Crippen LogP contribution >= 0.6 is 0 Å². The molecule has 2 heterocycles. The molecule has 0 spiro atoms.